The van der Waals surface area contributed by atoms with Crippen molar-refractivity contribution >= 4 is 34.9 Å². The minimum Gasteiger partial charge on any atom is -0.459 e. The zero-order valence-corrected chi connectivity index (χ0v) is 21.1. The van der Waals surface area contributed by atoms with E-state index in [1.807, 2.05) is 0 Å². The van der Waals surface area contributed by atoms with E-state index in [0.717, 1.165) is 12.1 Å². The number of hydroxylamine groups is 3. The van der Waals surface area contributed by atoms with E-state index in [-0.39, 0.29) is 30.6 Å². The SMILES string of the molecule is CC(C)(C)OC(=O)C(Cc1ccc(F)cc1F)N1CON(c2cc(Cl)ccc2-n2cc(Cl)nn2)CO1. The molecule has 192 valence electrons. The minimum atomic E-state index is -1.07. The largest absolute Gasteiger partial charge is 0.459 e. The number of carbonyl (C=O) groups is 1. The van der Waals surface area contributed by atoms with E-state index in [1.165, 1.54) is 27.1 Å². The topological polar surface area (TPSA) is 82.0 Å². The Labute approximate surface area is 215 Å². The number of anilines is 1. The molecule has 1 atom stereocenters. The Morgan fingerprint density at radius 1 is 1.11 bits per heavy atom. The summed E-state index contributed by atoms with van der Waals surface area (Å²) < 4.78 is 34.7. The molecule has 1 fully saturated rings. The molecule has 4 rings (SSSR count). The summed E-state index contributed by atoms with van der Waals surface area (Å²) in [6.45, 7) is 4.78. The van der Waals surface area contributed by atoms with Gasteiger partial charge in [0.15, 0.2) is 18.6 Å². The van der Waals surface area contributed by atoms with E-state index in [9.17, 15) is 13.6 Å². The third-order valence-corrected chi connectivity index (χ3v) is 5.46. The number of hydrogen-bond donors (Lipinski definition) is 0. The lowest BCUT2D eigenvalue weighted by Gasteiger charge is -2.38. The fourth-order valence-corrected chi connectivity index (χ4v) is 3.76. The van der Waals surface area contributed by atoms with Gasteiger partial charge in [-0.25, -0.2) is 18.5 Å². The fraction of sp³-hybridized carbons (Fsp3) is 0.348. The van der Waals surface area contributed by atoms with Crippen molar-refractivity contribution in [3.63, 3.8) is 0 Å². The van der Waals surface area contributed by atoms with Gasteiger partial charge in [0.1, 0.15) is 23.3 Å². The molecule has 3 aromatic rings. The normalized spacial score (nSPS) is 15.7. The zero-order chi connectivity index (χ0) is 26.0. The first-order chi connectivity index (χ1) is 17.0. The van der Waals surface area contributed by atoms with E-state index < -0.39 is 29.2 Å². The van der Waals surface area contributed by atoms with Gasteiger partial charge < -0.3 is 4.74 Å². The fourth-order valence-electron chi connectivity index (χ4n) is 3.47. The first-order valence-electron chi connectivity index (χ1n) is 10.8. The van der Waals surface area contributed by atoms with Crippen molar-refractivity contribution < 1.29 is 28.0 Å². The Kier molecular flexibility index (Phi) is 7.76. The maximum Gasteiger partial charge on any atom is 0.326 e. The van der Waals surface area contributed by atoms with Crippen LogP contribution >= 0.6 is 23.2 Å². The number of halogens is 4. The molecule has 2 heterocycles. The first kappa shape index (κ1) is 26.2. The maximum absolute atomic E-state index is 14.4. The van der Waals surface area contributed by atoms with Gasteiger partial charge in [0.05, 0.1) is 17.6 Å². The molecule has 9 nitrogen and oxygen atoms in total. The van der Waals surface area contributed by atoms with E-state index >= 15 is 0 Å². The molecule has 0 saturated carbocycles. The highest BCUT2D eigenvalue weighted by atomic mass is 35.5. The molecule has 1 unspecified atom stereocenters. The van der Waals surface area contributed by atoms with Crippen molar-refractivity contribution in [3.05, 3.63) is 70.0 Å². The second-order valence-corrected chi connectivity index (χ2v) is 9.74. The Morgan fingerprint density at radius 3 is 2.50 bits per heavy atom. The summed E-state index contributed by atoms with van der Waals surface area (Å²) in [5, 5.41) is 11.0. The third kappa shape index (κ3) is 6.29. The van der Waals surface area contributed by atoms with Gasteiger partial charge in [-0.05, 0) is 50.6 Å². The number of esters is 1. The lowest BCUT2D eigenvalue weighted by Crippen LogP contribution is -2.52. The zero-order valence-electron chi connectivity index (χ0n) is 19.6. The molecule has 2 aromatic carbocycles. The summed E-state index contributed by atoms with van der Waals surface area (Å²) in [4.78, 5) is 24.7. The highest BCUT2D eigenvalue weighted by Crippen LogP contribution is 2.30. The summed E-state index contributed by atoms with van der Waals surface area (Å²) in [7, 11) is 0. The van der Waals surface area contributed by atoms with Crippen molar-refractivity contribution in [1.82, 2.24) is 20.1 Å². The van der Waals surface area contributed by atoms with Gasteiger partial charge in [0.2, 0.25) is 0 Å². The molecule has 1 saturated heterocycles. The van der Waals surface area contributed by atoms with E-state index in [1.54, 1.807) is 39.0 Å². The van der Waals surface area contributed by atoms with Gasteiger partial charge in [0, 0.05) is 17.5 Å². The Hall–Kier alpha value is -2.83. The van der Waals surface area contributed by atoms with E-state index in [4.69, 9.17) is 37.6 Å². The van der Waals surface area contributed by atoms with Crippen molar-refractivity contribution in [2.75, 3.05) is 18.5 Å². The van der Waals surface area contributed by atoms with Gasteiger partial charge >= 0.3 is 5.97 Å². The average Bonchev–Trinajstić information content (AvgIpc) is 3.23. The van der Waals surface area contributed by atoms with Crippen molar-refractivity contribution in [2.45, 2.75) is 38.8 Å². The van der Waals surface area contributed by atoms with Crippen LogP contribution < -0.4 is 5.06 Å². The second kappa shape index (κ2) is 10.7. The smallest absolute Gasteiger partial charge is 0.326 e. The Bertz CT molecular complexity index is 1250. The number of nitrogens with zero attached hydrogens (tertiary/aromatic N) is 5. The van der Waals surface area contributed by atoms with Crippen LogP contribution in [0.2, 0.25) is 10.2 Å². The predicted octanol–water partition coefficient (Wildman–Crippen LogP) is 4.71. The molecule has 0 radical (unpaired) electrons. The van der Waals surface area contributed by atoms with Crippen LogP contribution in [0.3, 0.4) is 0 Å². The molecule has 1 aliphatic rings. The van der Waals surface area contributed by atoms with Crippen LogP contribution in [0.15, 0.2) is 42.6 Å². The summed E-state index contributed by atoms with van der Waals surface area (Å²) >= 11 is 12.1. The molecule has 0 N–H and O–H groups in total. The number of ether oxygens (including phenoxy) is 1. The average molecular weight is 542 g/mol. The Balaban J connectivity index is 1.55. The molecular weight excluding hydrogens is 519 g/mol. The highest BCUT2D eigenvalue weighted by molar-refractivity contribution is 6.31. The number of aromatic nitrogens is 3. The molecule has 1 aromatic heterocycles. The van der Waals surface area contributed by atoms with Crippen LogP contribution in [-0.4, -0.2) is 51.1 Å². The molecule has 36 heavy (non-hydrogen) atoms. The summed E-state index contributed by atoms with van der Waals surface area (Å²) in [5.41, 5.74) is 0.391. The molecule has 0 aliphatic carbocycles. The van der Waals surface area contributed by atoms with Gasteiger partial charge in [-0.15, -0.1) is 10.2 Å². The molecule has 13 heteroatoms. The molecule has 0 bridgehead atoms. The van der Waals surface area contributed by atoms with Gasteiger partial charge in [-0.1, -0.05) is 34.5 Å². The Morgan fingerprint density at radius 2 is 1.89 bits per heavy atom. The molecule has 0 amide bonds. The quantitative estimate of drug-likeness (QED) is 0.415. The molecule has 0 spiro atoms. The number of hydrogen-bond acceptors (Lipinski definition) is 8. The first-order valence-corrected chi connectivity index (χ1v) is 11.6. The second-order valence-electron chi connectivity index (χ2n) is 8.92. The van der Waals surface area contributed by atoms with E-state index in [2.05, 4.69) is 10.3 Å². The molecular formula is C23H23Cl2F2N5O4. The van der Waals surface area contributed by atoms with Crippen LogP contribution in [-0.2, 0) is 25.6 Å². The van der Waals surface area contributed by atoms with Crippen LogP contribution in [0.5, 0.6) is 0 Å². The number of rotatable bonds is 6. The van der Waals surface area contributed by atoms with Crippen molar-refractivity contribution in [1.29, 1.82) is 0 Å². The summed E-state index contributed by atoms with van der Waals surface area (Å²) in [6.07, 6.45) is 1.38. The standard InChI is InChI=1S/C23H23Cl2F2N5O4/c1-23(2,3)36-22(33)20(8-14-4-6-16(26)10-17(14)27)32-13-34-31(12-35-32)19-9-15(24)5-7-18(19)30-11-21(25)28-29-30/h4-7,9-11,20H,8,12-13H2,1-3H3. The van der Waals surface area contributed by atoms with Gasteiger partial charge in [-0.3, -0.25) is 14.5 Å². The number of benzene rings is 2. The van der Waals surface area contributed by atoms with Crippen molar-refractivity contribution in [3.8, 4) is 5.69 Å². The monoisotopic (exact) mass is 541 g/mol. The summed E-state index contributed by atoms with van der Waals surface area (Å²) in [6, 6.07) is 7.11. The van der Waals surface area contributed by atoms with Crippen LogP contribution in [0, 0.1) is 11.6 Å². The minimum absolute atomic E-state index is 0.124. The van der Waals surface area contributed by atoms with Gasteiger partial charge in [-0.2, -0.15) is 0 Å². The lowest BCUT2D eigenvalue weighted by atomic mass is 10.0. The number of carbonyl (C=O) groups excluding carboxylic acids is 1. The van der Waals surface area contributed by atoms with Gasteiger partial charge in [0.25, 0.3) is 0 Å². The van der Waals surface area contributed by atoms with Crippen LogP contribution in [0.4, 0.5) is 14.5 Å². The predicted molar refractivity (Wildman–Crippen MR) is 127 cm³/mol. The maximum atomic E-state index is 14.4. The van der Waals surface area contributed by atoms with E-state index in [0.29, 0.717) is 16.4 Å². The third-order valence-electron chi connectivity index (χ3n) is 5.05. The highest BCUT2D eigenvalue weighted by Gasteiger charge is 2.36. The summed E-state index contributed by atoms with van der Waals surface area (Å²) in [5.74, 6) is -2.15. The van der Waals surface area contributed by atoms with Crippen molar-refractivity contribution in [2.24, 2.45) is 0 Å². The van der Waals surface area contributed by atoms with Crippen LogP contribution in [0.25, 0.3) is 5.69 Å². The molecule has 1 aliphatic heterocycles. The van der Waals surface area contributed by atoms with Crippen LogP contribution in [0.1, 0.15) is 26.3 Å². The lowest BCUT2D eigenvalue weighted by molar-refractivity contribution is -0.284.